The molecule has 0 aromatic heterocycles. The van der Waals surface area contributed by atoms with Crippen molar-refractivity contribution in [1.29, 1.82) is 0 Å². The number of Topliss-reactive ketones (excluding diaryl/α,β-unsaturated/α-hetero) is 1. The van der Waals surface area contributed by atoms with Crippen molar-refractivity contribution in [1.82, 2.24) is 0 Å². The van der Waals surface area contributed by atoms with Crippen molar-refractivity contribution in [2.24, 2.45) is 10.8 Å². The second kappa shape index (κ2) is 6.99. The van der Waals surface area contributed by atoms with Crippen molar-refractivity contribution in [3.8, 4) is 0 Å². The number of esters is 2. The van der Waals surface area contributed by atoms with Crippen molar-refractivity contribution < 1.29 is 23.9 Å². The molecule has 0 spiro atoms. The lowest BCUT2D eigenvalue weighted by molar-refractivity contribution is -0.196. The average molecular weight is 366 g/mol. The van der Waals surface area contributed by atoms with Gasteiger partial charge in [0.25, 0.3) is 0 Å². The number of ketones is 1. The third-order valence-electron chi connectivity index (χ3n) is 5.15. The SMILES string of the molecule is COC(=O)C1(Cc2ccccc2)C(=O)OC(c2ccccc2)C(C)(C)C1=O. The Bertz CT molecular complexity index is 857. The number of cyclic esters (lactones) is 1. The molecule has 27 heavy (non-hydrogen) atoms. The first-order valence-corrected chi connectivity index (χ1v) is 8.77. The van der Waals surface area contributed by atoms with E-state index in [0.29, 0.717) is 11.1 Å². The lowest BCUT2D eigenvalue weighted by Gasteiger charge is -2.44. The maximum Gasteiger partial charge on any atom is 0.332 e. The Morgan fingerprint density at radius 2 is 1.56 bits per heavy atom. The van der Waals surface area contributed by atoms with E-state index in [1.807, 2.05) is 24.3 Å². The van der Waals surface area contributed by atoms with Crippen molar-refractivity contribution in [2.75, 3.05) is 7.11 Å². The smallest absolute Gasteiger partial charge is 0.332 e. The summed E-state index contributed by atoms with van der Waals surface area (Å²) in [5.41, 5.74) is -1.71. The number of carbonyl (C=O) groups is 3. The van der Waals surface area contributed by atoms with Gasteiger partial charge in [-0.3, -0.25) is 14.4 Å². The maximum atomic E-state index is 13.6. The van der Waals surface area contributed by atoms with Gasteiger partial charge in [0.2, 0.25) is 5.41 Å². The molecule has 5 nitrogen and oxygen atoms in total. The highest BCUT2D eigenvalue weighted by molar-refractivity contribution is 6.23. The predicted octanol–water partition coefficient (Wildman–Crippen LogP) is 3.28. The molecule has 0 amide bonds. The van der Waals surface area contributed by atoms with Crippen LogP contribution in [0.15, 0.2) is 60.7 Å². The number of benzene rings is 2. The van der Waals surface area contributed by atoms with Gasteiger partial charge in [-0.05, 0) is 25.0 Å². The van der Waals surface area contributed by atoms with Crippen molar-refractivity contribution >= 4 is 17.7 Å². The number of hydrogen-bond donors (Lipinski definition) is 0. The first-order valence-electron chi connectivity index (χ1n) is 8.77. The Hall–Kier alpha value is -2.95. The molecular weight excluding hydrogens is 344 g/mol. The molecule has 0 aliphatic carbocycles. The van der Waals surface area contributed by atoms with Gasteiger partial charge in [0.05, 0.1) is 12.5 Å². The van der Waals surface area contributed by atoms with Crippen LogP contribution in [0.5, 0.6) is 0 Å². The second-order valence-corrected chi connectivity index (χ2v) is 7.31. The minimum absolute atomic E-state index is 0.0941. The fourth-order valence-corrected chi connectivity index (χ4v) is 3.71. The number of rotatable bonds is 4. The van der Waals surface area contributed by atoms with E-state index in [2.05, 4.69) is 0 Å². The van der Waals surface area contributed by atoms with E-state index in [-0.39, 0.29) is 6.42 Å². The molecule has 0 bridgehead atoms. The summed E-state index contributed by atoms with van der Waals surface area (Å²) in [6.07, 6.45) is -0.865. The molecule has 2 unspecified atom stereocenters. The van der Waals surface area contributed by atoms with Crippen molar-refractivity contribution in [2.45, 2.75) is 26.4 Å². The molecule has 2 aromatic rings. The van der Waals surface area contributed by atoms with Crippen LogP contribution < -0.4 is 0 Å². The zero-order valence-electron chi connectivity index (χ0n) is 15.6. The largest absolute Gasteiger partial charge is 0.468 e. The molecule has 1 heterocycles. The molecular formula is C22H22O5. The van der Waals surface area contributed by atoms with Gasteiger partial charge in [0.1, 0.15) is 6.10 Å². The summed E-state index contributed by atoms with van der Waals surface area (Å²) in [6.45, 7) is 3.39. The Balaban J connectivity index is 2.09. The molecule has 2 atom stereocenters. The molecule has 0 radical (unpaired) electrons. The van der Waals surface area contributed by atoms with Crippen LogP contribution in [-0.4, -0.2) is 24.8 Å². The summed E-state index contributed by atoms with van der Waals surface area (Å²) < 4.78 is 10.6. The van der Waals surface area contributed by atoms with E-state index in [1.54, 1.807) is 50.2 Å². The van der Waals surface area contributed by atoms with Gasteiger partial charge >= 0.3 is 11.9 Å². The average Bonchev–Trinajstić information content (AvgIpc) is 2.69. The summed E-state index contributed by atoms with van der Waals surface area (Å²) in [5.74, 6) is -2.24. The van der Waals surface area contributed by atoms with Gasteiger partial charge in [-0.2, -0.15) is 0 Å². The number of hydrogen-bond acceptors (Lipinski definition) is 5. The quantitative estimate of drug-likeness (QED) is 0.613. The van der Waals surface area contributed by atoms with Crippen LogP contribution in [0.3, 0.4) is 0 Å². The van der Waals surface area contributed by atoms with Crippen molar-refractivity contribution in [3.63, 3.8) is 0 Å². The monoisotopic (exact) mass is 366 g/mol. The standard InChI is InChI=1S/C22H22O5/c1-21(2)17(16-12-8-5-9-13-16)27-20(25)22(18(21)23,19(24)26-3)14-15-10-6-4-7-11-15/h4-13,17H,14H2,1-3H3. The zero-order valence-corrected chi connectivity index (χ0v) is 15.6. The minimum atomic E-state index is -2.01. The lowest BCUT2D eigenvalue weighted by atomic mass is 9.63. The Labute approximate surface area is 158 Å². The summed E-state index contributed by atoms with van der Waals surface area (Å²) in [6, 6.07) is 18.0. The zero-order chi connectivity index (χ0) is 19.7. The van der Waals surface area contributed by atoms with E-state index in [9.17, 15) is 14.4 Å². The van der Waals surface area contributed by atoms with Crippen LogP contribution >= 0.6 is 0 Å². The van der Waals surface area contributed by atoms with Gasteiger partial charge in [-0.1, -0.05) is 60.7 Å². The highest BCUT2D eigenvalue weighted by Crippen LogP contribution is 2.49. The third kappa shape index (κ3) is 3.03. The molecule has 1 aliphatic heterocycles. The van der Waals surface area contributed by atoms with Crippen LogP contribution in [0.2, 0.25) is 0 Å². The van der Waals surface area contributed by atoms with E-state index in [4.69, 9.17) is 9.47 Å². The number of methoxy groups -OCH3 is 1. The van der Waals surface area contributed by atoms with Gasteiger partial charge in [0.15, 0.2) is 5.78 Å². The Morgan fingerprint density at radius 3 is 2.11 bits per heavy atom. The summed E-state index contributed by atoms with van der Waals surface area (Å²) in [4.78, 5) is 39.3. The topological polar surface area (TPSA) is 69.7 Å². The van der Waals surface area contributed by atoms with Gasteiger partial charge in [0, 0.05) is 6.42 Å². The van der Waals surface area contributed by atoms with Crippen LogP contribution in [0.25, 0.3) is 0 Å². The molecule has 0 N–H and O–H groups in total. The molecule has 140 valence electrons. The molecule has 1 aliphatic rings. The van der Waals surface area contributed by atoms with E-state index in [1.165, 1.54) is 7.11 Å². The van der Waals surface area contributed by atoms with Crippen LogP contribution in [0.4, 0.5) is 0 Å². The lowest BCUT2D eigenvalue weighted by Crippen LogP contribution is -2.60. The molecule has 1 saturated heterocycles. The summed E-state index contributed by atoms with van der Waals surface area (Å²) >= 11 is 0. The highest BCUT2D eigenvalue weighted by Gasteiger charge is 2.65. The van der Waals surface area contributed by atoms with Crippen LogP contribution in [0, 0.1) is 10.8 Å². The first-order chi connectivity index (χ1) is 12.8. The Kier molecular flexibility index (Phi) is 4.87. The molecule has 1 fully saturated rings. The number of ether oxygens (including phenoxy) is 2. The molecule has 5 heteroatoms. The fourth-order valence-electron chi connectivity index (χ4n) is 3.71. The molecule has 0 saturated carbocycles. The predicted molar refractivity (Wildman–Crippen MR) is 98.7 cm³/mol. The van der Waals surface area contributed by atoms with E-state index >= 15 is 0 Å². The third-order valence-corrected chi connectivity index (χ3v) is 5.15. The van der Waals surface area contributed by atoms with Crippen LogP contribution in [0.1, 0.15) is 31.1 Å². The number of carbonyl (C=O) groups excluding carboxylic acids is 3. The van der Waals surface area contributed by atoms with Gasteiger partial charge in [-0.15, -0.1) is 0 Å². The minimum Gasteiger partial charge on any atom is -0.468 e. The first kappa shape index (κ1) is 18.8. The van der Waals surface area contributed by atoms with Crippen LogP contribution in [-0.2, 0) is 30.3 Å². The second-order valence-electron chi connectivity index (χ2n) is 7.31. The Morgan fingerprint density at radius 1 is 1.00 bits per heavy atom. The van der Waals surface area contributed by atoms with Gasteiger partial charge < -0.3 is 9.47 Å². The molecule has 2 aromatic carbocycles. The van der Waals surface area contributed by atoms with E-state index in [0.717, 1.165) is 0 Å². The normalized spacial score (nSPS) is 24.2. The van der Waals surface area contributed by atoms with Crippen molar-refractivity contribution in [3.05, 3.63) is 71.8 Å². The summed E-state index contributed by atoms with van der Waals surface area (Å²) in [5, 5.41) is 0. The molecule has 3 rings (SSSR count). The maximum absolute atomic E-state index is 13.6. The summed E-state index contributed by atoms with van der Waals surface area (Å²) in [7, 11) is 1.17. The van der Waals surface area contributed by atoms with E-state index < -0.39 is 34.7 Å². The highest BCUT2D eigenvalue weighted by atomic mass is 16.6. The van der Waals surface area contributed by atoms with Gasteiger partial charge in [-0.25, -0.2) is 0 Å². The fraction of sp³-hybridized carbons (Fsp3) is 0.318.